The Labute approximate surface area is 153 Å². The zero-order chi connectivity index (χ0) is 18.5. The molecule has 1 amide bonds. The number of amides is 1. The van der Waals surface area contributed by atoms with Gasteiger partial charge in [0.05, 0.1) is 11.4 Å². The highest BCUT2D eigenvalue weighted by Crippen LogP contribution is 2.32. The van der Waals surface area contributed by atoms with Crippen molar-refractivity contribution in [2.45, 2.75) is 33.8 Å². The van der Waals surface area contributed by atoms with E-state index >= 15 is 0 Å². The molecular formula is C21H23N3O2. The van der Waals surface area contributed by atoms with Crippen molar-refractivity contribution in [3.05, 3.63) is 70.9 Å². The highest BCUT2D eigenvalue weighted by Gasteiger charge is 2.18. The van der Waals surface area contributed by atoms with Crippen molar-refractivity contribution in [1.29, 1.82) is 0 Å². The summed E-state index contributed by atoms with van der Waals surface area (Å²) in [5.74, 6) is 0. The maximum atomic E-state index is 12.3. The Morgan fingerprint density at radius 3 is 2.62 bits per heavy atom. The van der Waals surface area contributed by atoms with Gasteiger partial charge in [-0.15, -0.1) is 0 Å². The van der Waals surface area contributed by atoms with Crippen LogP contribution in [-0.2, 0) is 17.8 Å². The van der Waals surface area contributed by atoms with Crippen molar-refractivity contribution in [2.24, 2.45) is 0 Å². The molecule has 0 fully saturated rings. The van der Waals surface area contributed by atoms with E-state index in [0.717, 1.165) is 34.5 Å². The van der Waals surface area contributed by atoms with Crippen LogP contribution in [0, 0.1) is 13.8 Å². The summed E-state index contributed by atoms with van der Waals surface area (Å²) in [6.07, 6.45) is 0.239. The molecule has 0 aliphatic rings. The van der Waals surface area contributed by atoms with Crippen LogP contribution in [-0.4, -0.2) is 16.3 Å². The third kappa shape index (κ3) is 3.94. The van der Waals surface area contributed by atoms with Crippen molar-refractivity contribution < 1.29 is 9.53 Å². The lowest BCUT2D eigenvalue weighted by molar-refractivity contribution is 0.155. The predicted octanol–water partition coefficient (Wildman–Crippen LogP) is 5.00. The summed E-state index contributed by atoms with van der Waals surface area (Å²) in [6.45, 7) is 6.34. The number of benzene rings is 2. The summed E-state index contributed by atoms with van der Waals surface area (Å²) < 4.78 is 5.35. The van der Waals surface area contributed by atoms with E-state index in [1.807, 2.05) is 56.3 Å². The summed E-state index contributed by atoms with van der Waals surface area (Å²) in [6, 6.07) is 15.8. The molecule has 2 N–H and O–H groups in total. The molecule has 3 rings (SSSR count). The van der Waals surface area contributed by atoms with Gasteiger partial charge in [-0.2, -0.15) is 5.10 Å². The summed E-state index contributed by atoms with van der Waals surface area (Å²) in [7, 11) is 0. The number of rotatable bonds is 5. The van der Waals surface area contributed by atoms with Crippen molar-refractivity contribution in [1.82, 2.24) is 10.2 Å². The Kier molecular flexibility index (Phi) is 5.37. The number of nitrogens with one attached hydrogen (secondary N) is 2. The second kappa shape index (κ2) is 7.87. The first-order chi connectivity index (χ1) is 12.6. The molecule has 0 aliphatic heterocycles. The standard InChI is InChI=1S/C21H23N3O2/c1-4-18-20(22-21(25)26-13-16-8-6-5-7-9-16)19(24-23-18)17-11-10-14(2)12-15(17)3/h5-12H,4,13H2,1-3H3,(H,22,25)(H,23,24). The van der Waals surface area contributed by atoms with E-state index in [4.69, 9.17) is 4.74 Å². The van der Waals surface area contributed by atoms with Crippen molar-refractivity contribution >= 4 is 11.8 Å². The van der Waals surface area contributed by atoms with Crippen LogP contribution >= 0.6 is 0 Å². The number of anilines is 1. The minimum atomic E-state index is -0.490. The van der Waals surface area contributed by atoms with Gasteiger partial charge >= 0.3 is 6.09 Å². The number of ether oxygens (including phenoxy) is 1. The molecule has 26 heavy (non-hydrogen) atoms. The molecule has 0 unspecified atom stereocenters. The van der Waals surface area contributed by atoms with Crippen LogP contribution in [0.5, 0.6) is 0 Å². The number of carbonyl (C=O) groups is 1. The van der Waals surface area contributed by atoms with E-state index < -0.39 is 6.09 Å². The van der Waals surface area contributed by atoms with Gasteiger partial charge in [0.2, 0.25) is 0 Å². The summed E-state index contributed by atoms with van der Waals surface area (Å²) in [4.78, 5) is 12.3. The summed E-state index contributed by atoms with van der Waals surface area (Å²) >= 11 is 0. The van der Waals surface area contributed by atoms with Crippen LogP contribution in [0.25, 0.3) is 11.3 Å². The topological polar surface area (TPSA) is 67.0 Å². The van der Waals surface area contributed by atoms with Crippen LogP contribution < -0.4 is 5.32 Å². The van der Waals surface area contributed by atoms with E-state index in [-0.39, 0.29) is 6.61 Å². The largest absolute Gasteiger partial charge is 0.444 e. The molecule has 0 spiro atoms. The first kappa shape index (κ1) is 17.7. The lowest BCUT2D eigenvalue weighted by Crippen LogP contribution is -2.14. The number of aryl methyl sites for hydroxylation is 3. The molecule has 134 valence electrons. The van der Waals surface area contributed by atoms with Crippen LogP contribution in [0.15, 0.2) is 48.5 Å². The number of aromatic amines is 1. The zero-order valence-electron chi connectivity index (χ0n) is 15.3. The zero-order valence-corrected chi connectivity index (χ0v) is 15.3. The number of aromatic nitrogens is 2. The Bertz CT molecular complexity index is 901. The second-order valence-electron chi connectivity index (χ2n) is 6.28. The lowest BCUT2D eigenvalue weighted by Gasteiger charge is -2.10. The van der Waals surface area contributed by atoms with Gasteiger partial charge in [-0.3, -0.25) is 10.4 Å². The fourth-order valence-corrected chi connectivity index (χ4v) is 2.90. The fraction of sp³-hybridized carbons (Fsp3) is 0.238. The Hall–Kier alpha value is -3.08. The number of carbonyl (C=O) groups excluding carboxylic acids is 1. The minimum absolute atomic E-state index is 0.227. The second-order valence-corrected chi connectivity index (χ2v) is 6.28. The summed E-state index contributed by atoms with van der Waals surface area (Å²) in [5.41, 5.74) is 6.52. The normalized spacial score (nSPS) is 10.6. The van der Waals surface area contributed by atoms with E-state index in [1.54, 1.807) is 0 Å². The molecule has 5 heteroatoms. The van der Waals surface area contributed by atoms with Gasteiger partial charge < -0.3 is 4.74 Å². The fourth-order valence-electron chi connectivity index (χ4n) is 2.90. The maximum absolute atomic E-state index is 12.3. The lowest BCUT2D eigenvalue weighted by atomic mass is 10.0. The first-order valence-electron chi connectivity index (χ1n) is 8.71. The third-order valence-electron chi connectivity index (χ3n) is 4.27. The first-order valence-corrected chi connectivity index (χ1v) is 8.71. The molecule has 5 nitrogen and oxygen atoms in total. The molecule has 0 saturated carbocycles. The highest BCUT2D eigenvalue weighted by atomic mass is 16.5. The van der Waals surface area contributed by atoms with Crippen LogP contribution in [0.3, 0.4) is 0 Å². The average Bonchev–Trinajstić information content (AvgIpc) is 3.03. The van der Waals surface area contributed by atoms with Gasteiger partial charge in [-0.05, 0) is 31.4 Å². The molecule has 0 bridgehead atoms. The van der Waals surface area contributed by atoms with Crippen molar-refractivity contribution in [2.75, 3.05) is 5.32 Å². The van der Waals surface area contributed by atoms with Crippen LogP contribution in [0.2, 0.25) is 0 Å². The Morgan fingerprint density at radius 1 is 1.15 bits per heavy atom. The van der Waals surface area contributed by atoms with Gasteiger partial charge in [-0.1, -0.05) is 61.0 Å². The minimum Gasteiger partial charge on any atom is -0.444 e. The molecule has 2 aromatic carbocycles. The number of H-pyrrole nitrogens is 1. The molecule has 3 aromatic rings. The van der Waals surface area contributed by atoms with Gasteiger partial charge in [0.15, 0.2) is 0 Å². The third-order valence-corrected chi connectivity index (χ3v) is 4.27. The Balaban J connectivity index is 1.80. The molecule has 0 aliphatic carbocycles. The van der Waals surface area contributed by atoms with E-state index in [9.17, 15) is 4.79 Å². The van der Waals surface area contributed by atoms with Gasteiger partial charge in [0, 0.05) is 5.56 Å². The monoisotopic (exact) mass is 349 g/mol. The Morgan fingerprint density at radius 2 is 1.92 bits per heavy atom. The van der Waals surface area contributed by atoms with E-state index in [1.165, 1.54) is 5.56 Å². The number of hydrogen-bond donors (Lipinski definition) is 2. The molecule has 1 aromatic heterocycles. The highest BCUT2D eigenvalue weighted by molar-refractivity contribution is 5.92. The van der Waals surface area contributed by atoms with E-state index in [0.29, 0.717) is 5.69 Å². The quantitative estimate of drug-likeness (QED) is 0.681. The summed E-state index contributed by atoms with van der Waals surface area (Å²) in [5, 5.41) is 10.3. The number of nitrogens with zero attached hydrogens (tertiary/aromatic N) is 1. The molecule has 0 saturated heterocycles. The van der Waals surface area contributed by atoms with Gasteiger partial charge in [-0.25, -0.2) is 4.79 Å². The van der Waals surface area contributed by atoms with Crippen LogP contribution in [0.1, 0.15) is 29.3 Å². The molecule has 1 heterocycles. The van der Waals surface area contributed by atoms with Crippen molar-refractivity contribution in [3.8, 4) is 11.3 Å². The smallest absolute Gasteiger partial charge is 0.412 e. The SMILES string of the molecule is CCc1[nH]nc(-c2ccc(C)cc2C)c1NC(=O)OCc1ccccc1. The predicted molar refractivity (Wildman–Crippen MR) is 103 cm³/mol. The molecule has 0 atom stereocenters. The maximum Gasteiger partial charge on any atom is 0.412 e. The number of hydrogen-bond acceptors (Lipinski definition) is 3. The molecule has 0 radical (unpaired) electrons. The van der Waals surface area contributed by atoms with Crippen molar-refractivity contribution in [3.63, 3.8) is 0 Å². The average molecular weight is 349 g/mol. The van der Waals surface area contributed by atoms with Gasteiger partial charge in [0.1, 0.15) is 12.3 Å². The van der Waals surface area contributed by atoms with Crippen LogP contribution in [0.4, 0.5) is 10.5 Å². The molecular weight excluding hydrogens is 326 g/mol. The van der Waals surface area contributed by atoms with E-state index in [2.05, 4.69) is 28.5 Å². The van der Waals surface area contributed by atoms with Gasteiger partial charge in [0.25, 0.3) is 0 Å².